The fourth-order valence-corrected chi connectivity index (χ4v) is 5.05. The van der Waals surface area contributed by atoms with Crippen molar-refractivity contribution in [2.24, 2.45) is 5.41 Å². The van der Waals surface area contributed by atoms with E-state index in [1.165, 1.54) is 0 Å². The Labute approximate surface area is 169 Å². The van der Waals surface area contributed by atoms with Gasteiger partial charge in [0.25, 0.3) is 5.91 Å². The summed E-state index contributed by atoms with van der Waals surface area (Å²) < 4.78 is 7.74. The van der Waals surface area contributed by atoms with Crippen LogP contribution in [0, 0.1) is 5.41 Å². The highest BCUT2D eigenvalue weighted by atomic mass is 16.3. The van der Waals surface area contributed by atoms with Gasteiger partial charge < -0.3 is 19.2 Å². The molecule has 7 heteroatoms. The van der Waals surface area contributed by atoms with Crippen LogP contribution in [-0.4, -0.2) is 39.4 Å². The first-order valence-electron chi connectivity index (χ1n) is 10.7. The Bertz CT molecular complexity index is 991. The Balaban J connectivity index is 1.16. The van der Waals surface area contributed by atoms with Gasteiger partial charge in [-0.2, -0.15) is 0 Å². The first-order valence-corrected chi connectivity index (χ1v) is 10.7. The Morgan fingerprint density at radius 2 is 2.10 bits per heavy atom. The highest BCUT2D eigenvalue weighted by Gasteiger charge is 2.54. The van der Waals surface area contributed by atoms with Crippen LogP contribution in [0.15, 0.2) is 29.1 Å². The first kappa shape index (κ1) is 17.3. The molecule has 2 aromatic rings. The summed E-state index contributed by atoms with van der Waals surface area (Å²) in [7, 11) is 0. The quantitative estimate of drug-likeness (QED) is 0.846. The summed E-state index contributed by atoms with van der Waals surface area (Å²) in [6, 6.07) is 1.63. The number of amides is 2. The highest BCUT2D eigenvalue weighted by Crippen LogP contribution is 2.50. The third-order valence-corrected chi connectivity index (χ3v) is 7.27. The number of furan rings is 1. The van der Waals surface area contributed by atoms with Crippen molar-refractivity contribution in [3.05, 3.63) is 41.9 Å². The summed E-state index contributed by atoms with van der Waals surface area (Å²) in [5, 5.41) is 3.18. The maximum atomic E-state index is 12.9. The van der Waals surface area contributed by atoms with E-state index in [0.717, 1.165) is 43.7 Å². The molecule has 2 amide bonds. The van der Waals surface area contributed by atoms with Gasteiger partial charge in [-0.15, -0.1) is 0 Å². The average molecular weight is 394 g/mol. The van der Waals surface area contributed by atoms with E-state index in [4.69, 9.17) is 4.42 Å². The summed E-state index contributed by atoms with van der Waals surface area (Å²) in [5.41, 5.74) is 0.741. The molecule has 0 aromatic carbocycles. The third-order valence-electron chi connectivity index (χ3n) is 7.27. The summed E-state index contributed by atoms with van der Waals surface area (Å²) >= 11 is 0. The summed E-state index contributed by atoms with van der Waals surface area (Å²) in [4.78, 5) is 32.0. The second-order valence-corrected chi connectivity index (χ2v) is 9.82. The number of aromatic nitrogens is 2. The molecular formula is C22H26N4O3. The zero-order valence-corrected chi connectivity index (χ0v) is 16.7. The van der Waals surface area contributed by atoms with Crippen LogP contribution in [0.1, 0.15) is 79.4 Å². The molecule has 0 radical (unpaired) electrons. The number of nitrogens with zero attached hydrogens (tertiary/aromatic N) is 3. The van der Waals surface area contributed by atoms with Crippen molar-refractivity contribution in [1.29, 1.82) is 0 Å². The van der Waals surface area contributed by atoms with Crippen LogP contribution in [0.5, 0.6) is 0 Å². The van der Waals surface area contributed by atoms with E-state index >= 15 is 0 Å². The Morgan fingerprint density at radius 3 is 2.83 bits per heavy atom. The van der Waals surface area contributed by atoms with E-state index in [1.807, 2.05) is 11.1 Å². The molecule has 2 saturated carbocycles. The summed E-state index contributed by atoms with van der Waals surface area (Å²) in [6.07, 6.45) is 11.3. The van der Waals surface area contributed by atoms with E-state index in [9.17, 15) is 9.59 Å². The molecule has 4 heterocycles. The van der Waals surface area contributed by atoms with Gasteiger partial charge >= 0.3 is 0 Å². The van der Waals surface area contributed by atoms with Crippen molar-refractivity contribution in [1.82, 2.24) is 19.8 Å². The van der Waals surface area contributed by atoms with Crippen LogP contribution >= 0.6 is 0 Å². The normalized spacial score (nSPS) is 25.6. The molecule has 0 bridgehead atoms. The predicted molar refractivity (Wildman–Crippen MR) is 104 cm³/mol. The zero-order chi connectivity index (χ0) is 19.8. The molecule has 29 heavy (non-hydrogen) atoms. The van der Waals surface area contributed by atoms with Crippen molar-refractivity contribution >= 4 is 11.8 Å². The maximum Gasteiger partial charge on any atom is 0.255 e. The molecule has 4 aliphatic rings. The van der Waals surface area contributed by atoms with E-state index < -0.39 is 0 Å². The van der Waals surface area contributed by atoms with Crippen LogP contribution in [-0.2, 0) is 10.3 Å². The lowest BCUT2D eigenvalue weighted by Crippen LogP contribution is -2.63. The van der Waals surface area contributed by atoms with Gasteiger partial charge in [0.05, 0.1) is 23.4 Å². The summed E-state index contributed by atoms with van der Waals surface area (Å²) in [6.45, 7) is 3.61. The molecule has 6 rings (SSSR count). The maximum absolute atomic E-state index is 12.9. The van der Waals surface area contributed by atoms with E-state index in [1.54, 1.807) is 18.5 Å². The minimum atomic E-state index is -0.141. The van der Waals surface area contributed by atoms with Crippen LogP contribution in [0.2, 0.25) is 0 Å². The second-order valence-electron chi connectivity index (χ2n) is 9.82. The minimum Gasteiger partial charge on any atom is -0.468 e. The molecule has 1 unspecified atom stereocenters. The zero-order valence-electron chi connectivity index (χ0n) is 16.7. The second kappa shape index (κ2) is 5.74. The fraction of sp³-hybridized carbons (Fsp3) is 0.591. The third kappa shape index (κ3) is 2.74. The Morgan fingerprint density at radius 1 is 1.31 bits per heavy atom. The van der Waals surface area contributed by atoms with Crippen LogP contribution in [0.4, 0.5) is 0 Å². The van der Waals surface area contributed by atoms with Crippen LogP contribution in [0.25, 0.3) is 0 Å². The lowest BCUT2D eigenvalue weighted by molar-refractivity contribution is -0.143. The van der Waals surface area contributed by atoms with Gasteiger partial charge in [-0.25, -0.2) is 4.98 Å². The number of hydrogen-bond acceptors (Lipinski definition) is 4. The van der Waals surface area contributed by atoms with Gasteiger partial charge in [-0.1, -0.05) is 6.92 Å². The van der Waals surface area contributed by atoms with E-state index in [-0.39, 0.29) is 28.8 Å². The fourth-order valence-electron chi connectivity index (χ4n) is 5.05. The standard InChI is InChI=1S/C22H26N4O3/c1-21(5-6-21)11-17(27)25-12-22(13-25)10-16(19-23-7-8-26(19)22)24-20(28)15-4-9-29-18(15)14-2-3-14/h4,7-9,14,16H,2-3,5-6,10-13H2,1H3,(H,24,28). The molecule has 7 nitrogen and oxygen atoms in total. The van der Waals surface area contributed by atoms with Gasteiger partial charge in [0.2, 0.25) is 5.91 Å². The smallest absolute Gasteiger partial charge is 0.255 e. The molecule has 1 saturated heterocycles. The highest BCUT2D eigenvalue weighted by molar-refractivity contribution is 5.95. The predicted octanol–water partition coefficient (Wildman–Crippen LogP) is 2.96. The van der Waals surface area contributed by atoms with Crippen molar-refractivity contribution in [3.8, 4) is 0 Å². The lowest BCUT2D eigenvalue weighted by atomic mass is 9.85. The minimum absolute atomic E-state index is 0.0915. The number of carbonyl (C=O) groups is 2. The molecule has 152 valence electrons. The van der Waals surface area contributed by atoms with Crippen LogP contribution < -0.4 is 5.32 Å². The number of fused-ring (bicyclic) bond motifs is 2. The Kier molecular flexibility index (Phi) is 3.42. The monoisotopic (exact) mass is 394 g/mol. The SMILES string of the molecule is CC1(CC(=O)N2CC3(CC(NC(=O)c4ccoc4C4CC4)c4nccn43)C2)CC1. The van der Waals surface area contributed by atoms with Crippen molar-refractivity contribution in [2.75, 3.05) is 13.1 Å². The number of likely N-dealkylation sites (tertiary alicyclic amines) is 1. The molecule has 3 fully saturated rings. The average Bonchev–Trinajstić information content (AvgIpc) is 3.45. The molecular weight excluding hydrogens is 368 g/mol. The van der Waals surface area contributed by atoms with E-state index in [2.05, 4.69) is 21.8 Å². The summed E-state index contributed by atoms with van der Waals surface area (Å²) in [5.74, 6) is 2.26. The molecule has 1 N–H and O–H groups in total. The number of rotatable bonds is 5. The molecule has 2 aromatic heterocycles. The van der Waals surface area contributed by atoms with E-state index in [0.29, 0.717) is 31.0 Å². The van der Waals surface area contributed by atoms with Gasteiger partial charge in [-0.05, 0) is 37.2 Å². The van der Waals surface area contributed by atoms with Gasteiger partial charge in [0.1, 0.15) is 11.6 Å². The van der Waals surface area contributed by atoms with Crippen LogP contribution in [0.3, 0.4) is 0 Å². The Hall–Kier alpha value is -2.57. The van der Waals surface area contributed by atoms with Crippen molar-refractivity contribution < 1.29 is 14.0 Å². The molecule has 1 atom stereocenters. The van der Waals surface area contributed by atoms with Gasteiger partial charge in [0, 0.05) is 44.2 Å². The van der Waals surface area contributed by atoms with Gasteiger partial charge in [-0.3, -0.25) is 9.59 Å². The number of hydrogen-bond donors (Lipinski definition) is 1. The number of carbonyl (C=O) groups excluding carboxylic acids is 2. The lowest BCUT2D eigenvalue weighted by Gasteiger charge is -2.49. The van der Waals surface area contributed by atoms with Crippen molar-refractivity contribution in [2.45, 2.75) is 62.9 Å². The topological polar surface area (TPSA) is 80.4 Å². The molecule has 2 aliphatic carbocycles. The first-order chi connectivity index (χ1) is 14.0. The number of imidazole rings is 1. The molecule has 2 aliphatic heterocycles. The van der Waals surface area contributed by atoms with Crippen molar-refractivity contribution in [3.63, 3.8) is 0 Å². The van der Waals surface area contributed by atoms with Gasteiger partial charge in [0.15, 0.2) is 0 Å². The largest absolute Gasteiger partial charge is 0.468 e. The molecule has 1 spiro atoms. The number of nitrogens with one attached hydrogen (secondary N) is 1.